The number of carboxylic acid groups (broad SMARTS) is 1. The predicted octanol–water partition coefficient (Wildman–Crippen LogP) is 1.56. The number of carboxylic acids is 1. The van der Waals surface area contributed by atoms with E-state index in [0.29, 0.717) is 0 Å². The summed E-state index contributed by atoms with van der Waals surface area (Å²) in [6, 6.07) is 3.08. The first-order chi connectivity index (χ1) is 9.86. The van der Waals surface area contributed by atoms with Crippen LogP contribution in [0.5, 0.6) is 0 Å². The van der Waals surface area contributed by atoms with Crippen LogP contribution in [0.25, 0.3) is 0 Å². The molecule has 1 N–H and O–H groups in total. The lowest BCUT2D eigenvalue weighted by Gasteiger charge is -2.30. The van der Waals surface area contributed by atoms with Crippen molar-refractivity contribution in [3.8, 4) is 0 Å². The van der Waals surface area contributed by atoms with Gasteiger partial charge in [0.05, 0.1) is 16.9 Å². The van der Waals surface area contributed by atoms with Gasteiger partial charge in [0.1, 0.15) is 5.82 Å². The fourth-order valence-corrected chi connectivity index (χ4v) is 2.32. The van der Waals surface area contributed by atoms with E-state index in [1.807, 2.05) is 0 Å². The highest BCUT2D eigenvalue weighted by Crippen LogP contribution is 2.22. The fraction of sp³-hybridized carbons (Fsp3) is 0.385. The van der Waals surface area contributed by atoms with Crippen molar-refractivity contribution in [3.05, 3.63) is 39.7 Å². The molecule has 1 saturated heterocycles. The number of nitrogens with zero attached hydrogens (tertiary/aromatic N) is 2. The molecule has 0 bridgehead atoms. The van der Waals surface area contributed by atoms with E-state index in [9.17, 15) is 24.1 Å². The lowest BCUT2D eigenvalue weighted by Crippen LogP contribution is -2.42. The topological polar surface area (TPSA) is 101 Å². The minimum Gasteiger partial charge on any atom is -0.481 e. The molecule has 1 unspecified atom stereocenters. The monoisotopic (exact) mass is 296 g/mol. The summed E-state index contributed by atoms with van der Waals surface area (Å²) in [5, 5.41) is 19.7. The summed E-state index contributed by atoms with van der Waals surface area (Å²) in [5.74, 6) is -2.65. The summed E-state index contributed by atoms with van der Waals surface area (Å²) < 4.78 is 13.3. The molecule has 21 heavy (non-hydrogen) atoms. The van der Waals surface area contributed by atoms with Gasteiger partial charge in [-0.15, -0.1) is 0 Å². The largest absolute Gasteiger partial charge is 0.481 e. The highest BCUT2D eigenvalue weighted by Gasteiger charge is 2.30. The lowest BCUT2D eigenvalue weighted by atomic mass is 9.97. The summed E-state index contributed by atoms with van der Waals surface area (Å²) in [6.45, 7) is -0.0142. The van der Waals surface area contributed by atoms with Crippen LogP contribution in [0, 0.1) is 21.8 Å². The number of non-ortho nitro benzene ring substituents is 1. The number of nitro benzene ring substituents is 1. The van der Waals surface area contributed by atoms with Crippen molar-refractivity contribution in [1.82, 2.24) is 4.90 Å². The van der Waals surface area contributed by atoms with Crippen molar-refractivity contribution in [2.75, 3.05) is 6.54 Å². The Labute approximate surface area is 119 Å². The maximum absolute atomic E-state index is 13.3. The number of halogens is 1. The second kappa shape index (κ2) is 5.86. The first-order valence-electron chi connectivity index (χ1n) is 6.31. The van der Waals surface area contributed by atoms with Gasteiger partial charge < -0.3 is 10.0 Å². The Hall–Kier alpha value is -2.51. The zero-order valence-corrected chi connectivity index (χ0v) is 11.0. The molecule has 0 aliphatic carbocycles. The van der Waals surface area contributed by atoms with Crippen molar-refractivity contribution in [1.29, 1.82) is 0 Å². The predicted molar refractivity (Wildman–Crippen MR) is 68.8 cm³/mol. The van der Waals surface area contributed by atoms with Gasteiger partial charge in [0.25, 0.3) is 5.69 Å². The average molecular weight is 296 g/mol. The molecule has 1 heterocycles. The third kappa shape index (κ3) is 3.53. The molecule has 1 aromatic carbocycles. The van der Waals surface area contributed by atoms with E-state index in [-0.39, 0.29) is 37.4 Å². The molecule has 0 spiro atoms. The van der Waals surface area contributed by atoms with Crippen molar-refractivity contribution in [2.24, 2.45) is 5.92 Å². The second-order valence-corrected chi connectivity index (χ2v) is 4.92. The number of amides is 1. The maximum Gasteiger partial charge on any atom is 0.308 e. The van der Waals surface area contributed by atoms with Crippen LogP contribution in [0.4, 0.5) is 10.1 Å². The third-order valence-corrected chi connectivity index (χ3v) is 3.38. The summed E-state index contributed by atoms with van der Waals surface area (Å²) in [4.78, 5) is 34.0. The Morgan fingerprint density at radius 3 is 2.81 bits per heavy atom. The van der Waals surface area contributed by atoms with Crippen molar-refractivity contribution >= 4 is 17.6 Å². The molecule has 1 amide bonds. The van der Waals surface area contributed by atoms with Gasteiger partial charge in [-0.1, -0.05) is 0 Å². The molecule has 0 aromatic heterocycles. The summed E-state index contributed by atoms with van der Waals surface area (Å²) in [5.41, 5.74) is -0.134. The molecule has 8 heteroatoms. The minimum absolute atomic E-state index is 0.0263. The first-order valence-corrected chi connectivity index (χ1v) is 6.31. The maximum atomic E-state index is 13.3. The molecule has 2 rings (SSSR count). The van der Waals surface area contributed by atoms with Gasteiger partial charge in [0, 0.05) is 25.6 Å². The van der Waals surface area contributed by atoms with Crippen LogP contribution in [-0.2, 0) is 16.1 Å². The normalized spacial score (nSPS) is 18.6. The van der Waals surface area contributed by atoms with Crippen molar-refractivity contribution in [3.63, 3.8) is 0 Å². The van der Waals surface area contributed by atoms with Gasteiger partial charge in [0.2, 0.25) is 5.91 Å². The second-order valence-electron chi connectivity index (χ2n) is 4.92. The summed E-state index contributed by atoms with van der Waals surface area (Å²) in [6.07, 6.45) is 0.377. The molecule has 1 aliphatic heterocycles. The van der Waals surface area contributed by atoms with Gasteiger partial charge in [-0.3, -0.25) is 19.7 Å². The van der Waals surface area contributed by atoms with Gasteiger partial charge in [0.15, 0.2) is 0 Å². The number of carbonyl (C=O) groups excluding carboxylic acids is 1. The van der Waals surface area contributed by atoms with Gasteiger partial charge in [-0.2, -0.15) is 0 Å². The van der Waals surface area contributed by atoms with E-state index in [2.05, 4.69) is 0 Å². The summed E-state index contributed by atoms with van der Waals surface area (Å²) in [7, 11) is 0. The number of piperidine rings is 1. The number of likely N-dealkylation sites (tertiary alicyclic amines) is 1. The Kier molecular flexibility index (Phi) is 4.15. The number of nitro groups is 1. The quantitative estimate of drug-likeness (QED) is 0.671. The molecule has 0 saturated carbocycles. The molecule has 1 aromatic rings. The zero-order valence-electron chi connectivity index (χ0n) is 11.0. The Morgan fingerprint density at radius 2 is 2.19 bits per heavy atom. The SMILES string of the molecule is O=C(O)C1CCC(=O)N(Cc2cc(F)cc([N+](=O)[O-])c2)C1. The molecule has 7 nitrogen and oxygen atoms in total. The van der Waals surface area contributed by atoms with Crippen LogP contribution in [0.2, 0.25) is 0 Å². The molecular formula is C13H13FN2O5. The molecule has 1 aliphatic rings. The zero-order chi connectivity index (χ0) is 15.6. The molecule has 1 fully saturated rings. The average Bonchev–Trinajstić information content (AvgIpc) is 2.40. The third-order valence-electron chi connectivity index (χ3n) is 3.38. The highest BCUT2D eigenvalue weighted by molar-refractivity contribution is 5.80. The molecule has 1 atom stereocenters. The van der Waals surface area contributed by atoms with E-state index in [1.165, 1.54) is 11.0 Å². The Morgan fingerprint density at radius 1 is 1.48 bits per heavy atom. The van der Waals surface area contributed by atoms with E-state index >= 15 is 0 Å². The van der Waals surface area contributed by atoms with E-state index in [1.54, 1.807) is 0 Å². The fourth-order valence-electron chi connectivity index (χ4n) is 2.32. The molecule has 112 valence electrons. The number of benzene rings is 1. The van der Waals surface area contributed by atoms with Crippen LogP contribution in [0.3, 0.4) is 0 Å². The number of aliphatic carboxylic acids is 1. The van der Waals surface area contributed by atoms with Crippen molar-refractivity contribution < 1.29 is 24.0 Å². The van der Waals surface area contributed by atoms with Crippen LogP contribution in [0.15, 0.2) is 18.2 Å². The van der Waals surface area contributed by atoms with Crippen LogP contribution in [0.1, 0.15) is 18.4 Å². The van der Waals surface area contributed by atoms with Crippen molar-refractivity contribution in [2.45, 2.75) is 19.4 Å². The highest BCUT2D eigenvalue weighted by atomic mass is 19.1. The van der Waals surface area contributed by atoms with Gasteiger partial charge >= 0.3 is 5.97 Å². The Bertz CT molecular complexity index is 604. The van der Waals surface area contributed by atoms with E-state index in [0.717, 1.165) is 12.1 Å². The van der Waals surface area contributed by atoms with Gasteiger partial charge in [-0.25, -0.2) is 4.39 Å². The van der Waals surface area contributed by atoms with E-state index < -0.39 is 28.3 Å². The lowest BCUT2D eigenvalue weighted by molar-refractivity contribution is -0.385. The smallest absolute Gasteiger partial charge is 0.308 e. The Balaban J connectivity index is 2.18. The van der Waals surface area contributed by atoms with Crippen LogP contribution in [-0.4, -0.2) is 33.4 Å². The molecular weight excluding hydrogens is 283 g/mol. The van der Waals surface area contributed by atoms with Gasteiger partial charge in [-0.05, 0) is 18.1 Å². The number of hydrogen-bond donors (Lipinski definition) is 1. The minimum atomic E-state index is -0.988. The summed E-state index contributed by atoms with van der Waals surface area (Å²) >= 11 is 0. The van der Waals surface area contributed by atoms with Crippen LogP contribution < -0.4 is 0 Å². The standard InChI is InChI=1S/C13H13FN2O5/c14-10-3-8(4-11(5-10)16(20)21)6-15-7-9(13(18)19)1-2-12(15)17/h3-5,9H,1-2,6-7H2,(H,18,19). The van der Waals surface area contributed by atoms with Crippen LogP contribution >= 0.6 is 0 Å². The number of carbonyl (C=O) groups is 2. The number of hydrogen-bond acceptors (Lipinski definition) is 4. The number of rotatable bonds is 4. The van der Waals surface area contributed by atoms with E-state index in [4.69, 9.17) is 5.11 Å². The molecule has 0 radical (unpaired) electrons. The first kappa shape index (κ1) is 14.9.